The topological polar surface area (TPSA) is 137 Å². The second kappa shape index (κ2) is 6.71. The van der Waals surface area contributed by atoms with Crippen LogP contribution in [-0.2, 0) is 0 Å². The Bertz CT molecular complexity index is 1070. The molecule has 140 valence electrons. The van der Waals surface area contributed by atoms with Crippen molar-refractivity contribution < 1.29 is 24.3 Å². The Kier molecular flexibility index (Phi) is 4.70. The number of phenolic OH excluding ortho intramolecular Hbond substituents is 2. The fraction of sp³-hybridized carbons (Fsp3) is 0.125. The number of halogens is 2. The molecule has 0 atom stereocenters. The lowest BCUT2D eigenvalue weighted by Crippen LogP contribution is -2.33. The third-order valence-corrected chi connectivity index (χ3v) is 5.27. The van der Waals surface area contributed by atoms with Crippen molar-refractivity contribution >= 4 is 33.2 Å². The van der Waals surface area contributed by atoms with Gasteiger partial charge in [0.2, 0.25) is 17.3 Å². The van der Waals surface area contributed by atoms with Gasteiger partial charge >= 0.3 is 5.69 Å². The number of nitro benzene ring substituents is 1. The van der Waals surface area contributed by atoms with E-state index in [1.165, 1.54) is 6.26 Å². The molecule has 0 spiro atoms. The zero-order chi connectivity index (χ0) is 20.0. The highest BCUT2D eigenvalue weighted by Gasteiger charge is 2.26. The van der Waals surface area contributed by atoms with E-state index in [4.69, 9.17) is 16.0 Å². The third kappa shape index (κ3) is 3.06. The molecule has 9 nitrogen and oxygen atoms in total. The van der Waals surface area contributed by atoms with E-state index in [0.717, 1.165) is 12.1 Å². The van der Waals surface area contributed by atoms with E-state index in [9.17, 15) is 25.5 Å². The molecule has 0 fully saturated rings. The first-order valence-electron chi connectivity index (χ1n) is 7.37. The lowest BCUT2D eigenvalue weighted by molar-refractivity contribution is -0.623. The van der Waals surface area contributed by atoms with Crippen molar-refractivity contribution in [3.63, 3.8) is 0 Å². The maximum Gasteiger partial charge on any atom is 0.315 e. The standard InChI is InChI=1S/C16H11BrClN3O6/c1-6-12(15(17)20(24)7(2)13(6)18)16-19-9(5-27-16)8-3-10(21(25)26)14(23)11(22)4-8/h3-5,22-23H,1-2H3. The number of pyridine rings is 1. The number of nitro groups is 1. The minimum atomic E-state index is -0.844. The van der Waals surface area contributed by atoms with Crippen LogP contribution in [0.4, 0.5) is 5.69 Å². The first-order valence-corrected chi connectivity index (χ1v) is 8.55. The van der Waals surface area contributed by atoms with Gasteiger partial charge in [-0.1, -0.05) is 11.6 Å². The van der Waals surface area contributed by atoms with E-state index >= 15 is 0 Å². The number of aromatic hydroxyl groups is 2. The molecule has 0 amide bonds. The predicted molar refractivity (Wildman–Crippen MR) is 98.5 cm³/mol. The van der Waals surface area contributed by atoms with Crippen LogP contribution < -0.4 is 4.73 Å². The minimum absolute atomic E-state index is 0.0519. The summed E-state index contributed by atoms with van der Waals surface area (Å²) in [6.45, 7) is 3.26. The van der Waals surface area contributed by atoms with Crippen LogP contribution in [0.5, 0.6) is 11.5 Å². The van der Waals surface area contributed by atoms with E-state index in [2.05, 4.69) is 20.9 Å². The van der Waals surface area contributed by atoms with Crippen LogP contribution in [0.15, 0.2) is 27.4 Å². The van der Waals surface area contributed by atoms with Crippen LogP contribution in [0.1, 0.15) is 11.3 Å². The van der Waals surface area contributed by atoms with Gasteiger partial charge in [0.15, 0.2) is 5.75 Å². The number of oxazole rings is 1. The van der Waals surface area contributed by atoms with Crippen LogP contribution in [0.2, 0.25) is 5.02 Å². The van der Waals surface area contributed by atoms with Crippen LogP contribution in [0, 0.1) is 29.2 Å². The summed E-state index contributed by atoms with van der Waals surface area (Å²) in [5, 5.41) is 42.8. The van der Waals surface area contributed by atoms with E-state index in [1.54, 1.807) is 13.8 Å². The Labute approximate surface area is 165 Å². The van der Waals surface area contributed by atoms with Gasteiger partial charge in [0.05, 0.1) is 4.92 Å². The number of phenols is 2. The third-order valence-electron chi connectivity index (χ3n) is 3.99. The maximum atomic E-state index is 12.2. The lowest BCUT2D eigenvalue weighted by atomic mass is 10.1. The van der Waals surface area contributed by atoms with Crippen molar-refractivity contribution in [3.8, 4) is 34.2 Å². The number of benzene rings is 1. The smallest absolute Gasteiger partial charge is 0.315 e. The molecule has 2 aromatic heterocycles. The zero-order valence-corrected chi connectivity index (χ0v) is 16.2. The van der Waals surface area contributed by atoms with Crippen LogP contribution in [-0.4, -0.2) is 20.1 Å². The Balaban J connectivity index is 2.17. The van der Waals surface area contributed by atoms with Crippen molar-refractivity contribution in [2.24, 2.45) is 0 Å². The van der Waals surface area contributed by atoms with Gasteiger partial charge < -0.3 is 19.8 Å². The Morgan fingerprint density at radius 2 is 2.00 bits per heavy atom. The number of hydrogen-bond donors (Lipinski definition) is 2. The van der Waals surface area contributed by atoms with Crippen molar-refractivity contribution in [1.29, 1.82) is 0 Å². The van der Waals surface area contributed by atoms with Crippen LogP contribution in [0.25, 0.3) is 22.7 Å². The molecule has 3 aromatic rings. The summed E-state index contributed by atoms with van der Waals surface area (Å²) in [7, 11) is 0. The molecule has 0 bridgehead atoms. The molecule has 2 heterocycles. The lowest BCUT2D eigenvalue weighted by Gasteiger charge is -2.10. The molecule has 0 saturated carbocycles. The first-order chi connectivity index (χ1) is 12.6. The molecule has 0 saturated heterocycles. The quantitative estimate of drug-likeness (QED) is 0.152. The number of rotatable bonds is 3. The molecular weight excluding hydrogens is 446 g/mol. The minimum Gasteiger partial charge on any atom is -0.618 e. The van der Waals surface area contributed by atoms with Gasteiger partial charge in [0, 0.05) is 34.5 Å². The number of hydrogen-bond acceptors (Lipinski definition) is 7. The highest BCUT2D eigenvalue weighted by Crippen LogP contribution is 2.40. The highest BCUT2D eigenvalue weighted by atomic mass is 79.9. The van der Waals surface area contributed by atoms with Crippen molar-refractivity contribution in [2.45, 2.75) is 13.8 Å². The average Bonchev–Trinajstić information content (AvgIpc) is 3.10. The fourth-order valence-corrected chi connectivity index (χ4v) is 3.44. The Morgan fingerprint density at radius 3 is 2.63 bits per heavy atom. The SMILES string of the molecule is Cc1c(Cl)c(C)[n+]([O-])c(Br)c1-c1nc(-c2cc(O)c(O)c([N+](=O)[O-])c2)co1. The largest absolute Gasteiger partial charge is 0.618 e. The summed E-state index contributed by atoms with van der Waals surface area (Å²) in [6, 6.07) is 2.16. The summed E-state index contributed by atoms with van der Waals surface area (Å²) >= 11 is 9.38. The zero-order valence-electron chi connectivity index (χ0n) is 13.9. The van der Waals surface area contributed by atoms with Gasteiger partial charge in [-0.3, -0.25) is 10.1 Å². The van der Waals surface area contributed by atoms with E-state index < -0.39 is 22.1 Å². The summed E-state index contributed by atoms with van der Waals surface area (Å²) in [4.78, 5) is 14.4. The first kappa shape index (κ1) is 18.9. The molecule has 27 heavy (non-hydrogen) atoms. The molecule has 3 rings (SSSR count). The van der Waals surface area contributed by atoms with E-state index in [1.807, 2.05) is 0 Å². The fourth-order valence-electron chi connectivity index (χ4n) is 2.53. The molecule has 0 radical (unpaired) electrons. The van der Waals surface area contributed by atoms with Crippen molar-refractivity contribution in [3.05, 3.63) is 54.6 Å². The number of aromatic nitrogens is 2. The summed E-state index contributed by atoms with van der Waals surface area (Å²) < 4.78 is 6.16. The van der Waals surface area contributed by atoms with E-state index in [-0.39, 0.29) is 26.8 Å². The van der Waals surface area contributed by atoms with Gasteiger partial charge in [-0.15, -0.1) is 0 Å². The average molecular weight is 457 g/mol. The molecule has 0 unspecified atom stereocenters. The highest BCUT2D eigenvalue weighted by molar-refractivity contribution is 9.10. The van der Waals surface area contributed by atoms with Crippen LogP contribution >= 0.6 is 27.5 Å². The van der Waals surface area contributed by atoms with Crippen LogP contribution in [0.3, 0.4) is 0 Å². The van der Waals surface area contributed by atoms with Gasteiger partial charge in [-0.2, -0.15) is 4.73 Å². The maximum absolute atomic E-state index is 12.2. The normalized spacial score (nSPS) is 11.0. The van der Waals surface area contributed by atoms with Crippen molar-refractivity contribution in [1.82, 2.24) is 4.98 Å². The number of nitrogens with zero attached hydrogens (tertiary/aromatic N) is 3. The molecular formula is C16H11BrClN3O6. The summed E-state index contributed by atoms with van der Waals surface area (Å²) in [5.74, 6) is -1.46. The summed E-state index contributed by atoms with van der Waals surface area (Å²) in [5.41, 5.74) is 0.807. The second-order valence-electron chi connectivity index (χ2n) is 5.64. The van der Waals surface area contributed by atoms with Gasteiger partial charge in [-0.25, -0.2) is 4.98 Å². The van der Waals surface area contributed by atoms with Gasteiger partial charge in [-0.05, 0) is 18.6 Å². The van der Waals surface area contributed by atoms with Gasteiger partial charge in [0.25, 0.3) is 4.60 Å². The second-order valence-corrected chi connectivity index (χ2v) is 6.77. The van der Waals surface area contributed by atoms with E-state index in [0.29, 0.717) is 21.6 Å². The summed E-state index contributed by atoms with van der Waals surface area (Å²) in [6.07, 6.45) is 1.21. The van der Waals surface area contributed by atoms with Crippen molar-refractivity contribution in [2.75, 3.05) is 0 Å². The molecule has 0 aliphatic carbocycles. The Morgan fingerprint density at radius 1 is 1.33 bits per heavy atom. The monoisotopic (exact) mass is 455 g/mol. The molecule has 0 aliphatic rings. The Hall–Kier alpha value is -2.85. The predicted octanol–water partition coefficient (Wildman–Crippen LogP) is 3.99. The van der Waals surface area contributed by atoms with Gasteiger partial charge in [0.1, 0.15) is 22.5 Å². The molecule has 0 aliphatic heterocycles. The molecule has 11 heteroatoms. The molecule has 2 N–H and O–H groups in total. The molecule has 1 aromatic carbocycles.